The predicted octanol–water partition coefficient (Wildman–Crippen LogP) is 4.47. The molecule has 3 nitrogen and oxygen atoms in total. The molecule has 0 aliphatic heterocycles. The Labute approximate surface area is 132 Å². The molecular formula is C19H21NO2. The van der Waals surface area contributed by atoms with Gasteiger partial charge in [-0.2, -0.15) is 5.26 Å². The first-order chi connectivity index (χ1) is 10.7. The number of nitriles is 1. The Morgan fingerprint density at radius 1 is 1.00 bits per heavy atom. The van der Waals surface area contributed by atoms with Crippen molar-refractivity contribution in [3.05, 3.63) is 59.7 Å². The predicted molar refractivity (Wildman–Crippen MR) is 87.3 cm³/mol. The second kappa shape index (κ2) is 8.09. The Hall–Kier alpha value is -2.47. The van der Waals surface area contributed by atoms with E-state index in [1.165, 1.54) is 5.56 Å². The van der Waals surface area contributed by atoms with E-state index < -0.39 is 0 Å². The van der Waals surface area contributed by atoms with Crippen molar-refractivity contribution in [3.63, 3.8) is 0 Å². The van der Waals surface area contributed by atoms with Gasteiger partial charge in [-0.15, -0.1) is 0 Å². The van der Waals surface area contributed by atoms with Gasteiger partial charge in [0.15, 0.2) is 0 Å². The number of hydrogen-bond acceptors (Lipinski definition) is 3. The number of aryl methyl sites for hydroxylation is 1. The average molecular weight is 295 g/mol. The molecule has 2 aromatic carbocycles. The molecule has 0 heterocycles. The van der Waals surface area contributed by atoms with Crippen LogP contribution < -0.4 is 9.47 Å². The fraction of sp³-hybridized carbons (Fsp3) is 0.316. The summed E-state index contributed by atoms with van der Waals surface area (Å²) in [6, 6.07) is 18.1. The number of ether oxygens (including phenoxy) is 2. The maximum atomic E-state index is 9.33. The number of nitrogens with zero attached hydrogens (tertiary/aromatic N) is 1. The van der Waals surface area contributed by atoms with Crippen LogP contribution in [0.4, 0.5) is 0 Å². The van der Waals surface area contributed by atoms with Crippen molar-refractivity contribution < 1.29 is 9.47 Å². The molecule has 0 radical (unpaired) electrons. The Bertz CT molecular complexity index is 611. The molecule has 0 spiro atoms. The molecule has 0 aromatic heterocycles. The number of rotatable bonds is 7. The second-order valence-electron chi connectivity index (χ2n) is 5.26. The highest BCUT2D eigenvalue weighted by Crippen LogP contribution is 2.23. The van der Waals surface area contributed by atoms with Crippen molar-refractivity contribution in [2.75, 3.05) is 13.7 Å². The van der Waals surface area contributed by atoms with Crippen molar-refractivity contribution in [2.24, 2.45) is 0 Å². The van der Waals surface area contributed by atoms with Crippen molar-refractivity contribution in [1.82, 2.24) is 0 Å². The Morgan fingerprint density at radius 2 is 1.64 bits per heavy atom. The van der Waals surface area contributed by atoms with E-state index in [1.54, 1.807) is 7.11 Å². The molecule has 1 unspecified atom stereocenters. The van der Waals surface area contributed by atoms with Gasteiger partial charge in [0.2, 0.25) is 0 Å². The van der Waals surface area contributed by atoms with Crippen molar-refractivity contribution >= 4 is 0 Å². The first kappa shape index (κ1) is 15.9. The quantitative estimate of drug-likeness (QED) is 0.708. The summed E-state index contributed by atoms with van der Waals surface area (Å²) in [5.74, 6) is 1.58. The zero-order valence-corrected chi connectivity index (χ0v) is 13.1. The summed E-state index contributed by atoms with van der Waals surface area (Å²) in [7, 11) is 1.64. The first-order valence-corrected chi connectivity index (χ1v) is 7.46. The van der Waals surface area contributed by atoms with Crippen LogP contribution in [-0.2, 0) is 0 Å². The summed E-state index contributed by atoms with van der Waals surface area (Å²) in [4.78, 5) is 0. The minimum Gasteiger partial charge on any atom is -0.497 e. The summed E-state index contributed by atoms with van der Waals surface area (Å²) >= 11 is 0. The molecule has 0 N–H and O–H groups in total. The summed E-state index contributed by atoms with van der Waals surface area (Å²) in [5.41, 5.74) is 2.25. The third-order valence-corrected chi connectivity index (χ3v) is 3.60. The average Bonchev–Trinajstić information content (AvgIpc) is 2.57. The van der Waals surface area contributed by atoms with Crippen LogP contribution >= 0.6 is 0 Å². The molecule has 0 amide bonds. The lowest BCUT2D eigenvalue weighted by Gasteiger charge is -2.11. The van der Waals surface area contributed by atoms with Crippen LogP contribution in [0.15, 0.2) is 48.5 Å². The van der Waals surface area contributed by atoms with Crippen LogP contribution in [0, 0.1) is 18.3 Å². The summed E-state index contributed by atoms with van der Waals surface area (Å²) < 4.78 is 10.8. The first-order valence-electron chi connectivity index (χ1n) is 7.46. The summed E-state index contributed by atoms with van der Waals surface area (Å²) in [6.45, 7) is 2.67. The zero-order valence-electron chi connectivity index (χ0n) is 13.1. The molecule has 114 valence electrons. The highest BCUT2D eigenvalue weighted by Gasteiger charge is 2.10. The fourth-order valence-corrected chi connectivity index (χ4v) is 2.25. The highest BCUT2D eigenvalue weighted by atomic mass is 16.5. The van der Waals surface area contributed by atoms with Gasteiger partial charge in [-0.3, -0.25) is 0 Å². The van der Waals surface area contributed by atoms with Gasteiger partial charge in [0.25, 0.3) is 0 Å². The Balaban J connectivity index is 1.81. The van der Waals surface area contributed by atoms with E-state index in [9.17, 15) is 5.26 Å². The van der Waals surface area contributed by atoms with E-state index in [2.05, 4.69) is 13.0 Å². The second-order valence-corrected chi connectivity index (χ2v) is 5.26. The normalized spacial score (nSPS) is 11.5. The summed E-state index contributed by atoms with van der Waals surface area (Å²) in [6.07, 6.45) is 1.63. The Kier molecular flexibility index (Phi) is 5.85. The Morgan fingerprint density at radius 3 is 2.23 bits per heavy atom. The monoisotopic (exact) mass is 295 g/mol. The van der Waals surface area contributed by atoms with E-state index in [0.29, 0.717) is 6.61 Å². The minimum atomic E-state index is -0.104. The van der Waals surface area contributed by atoms with E-state index >= 15 is 0 Å². The van der Waals surface area contributed by atoms with Crippen LogP contribution in [0.3, 0.4) is 0 Å². The molecule has 0 fully saturated rings. The van der Waals surface area contributed by atoms with Crippen LogP contribution in [-0.4, -0.2) is 13.7 Å². The molecule has 0 saturated heterocycles. The molecule has 2 rings (SSSR count). The van der Waals surface area contributed by atoms with Gasteiger partial charge in [0.1, 0.15) is 11.5 Å². The van der Waals surface area contributed by atoms with Crippen LogP contribution in [0.2, 0.25) is 0 Å². The molecular weight excluding hydrogens is 274 g/mol. The topological polar surface area (TPSA) is 42.2 Å². The SMILES string of the molecule is COc1ccc(C(C#N)CCCOc2ccc(C)cc2)cc1. The maximum absolute atomic E-state index is 9.33. The molecule has 2 aromatic rings. The van der Waals surface area contributed by atoms with E-state index in [1.807, 2.05) is 48.5 Å². The van der Waals surface area contributed by atoms with Gasteiger partial charge in [-0.25, -0.2) is 0 Å². The fourth-order valence-electron chi connectivity index (χ4n) is 2.25. The van der Waals surface area contributed by atoms with Crippen molar-refractivity contribution in [2.45, 2.75) is 25.7 Å². The van der Waals surface area contributed by atoms with Crippen LogP contribution in [0.1, 0.15) is 29.9 Å². The number of benzene rings is 2. The van der Waals surface area contributed by atoms with Gasteiger partial charge in [0.05, 0.1) is 25.7 Å². The summed E-state index contributed by atoms with van der Waals surface area (Å²) in [5, 5.41) is 9.33. The lowest BCUT2D eigenvalue weighted by molar-refractivity contribution is 0.305. The molecule has 22 heavy (non-hydrogen) atoms. The van der Waals surface area contributed by atoms with Crippen LogP contribution in [0.5, 0.6) is 11.5 Å². The van der Waals surface area contributed by atoms with Gasteiger partial charge in [0, 0.05) is 0 Å². The molecule has 0 saturated carbocycles. The van der Waals surface area contributed by atoms with Crippen molar-refractivity contribution in [3.8, 4) is 17.6 Å². The van der Waals surface area contributed by atoms with Gasteiger partial charge < -0.3 is 9.47 Å². The molecule has 0 aliphatic carbocycles. The van der Waals surface area contributed by atoms with Gasteiger partial charge in [-0.05, 0) is 49.6 Å². The zero-order chi connectivity index (χ0) is 15.8. The lowest BCUT2D eigenvalue weighted by atomic mass is 9.96. The smallest absolute Gasteiger partial charge is 0.119 e. The van der Waals surface area contributed by atoms with Crippen molar-refractivity contribution in [1.29, 1.82) is 5.26 Å². The van der Waals surface area contributed by atoms with E-state index in [-0.39, 0.29) is 5.92 Å². The minimum absolute atomic E-state index is 0.104. The third kappa shape index (κ3) is 4.53. The largest absolute Gasteiger partial charge is 0.497 e. The lowest BCUT2D eigenvalue weighted by Crippen LogP contribution is -2.02. The van der Waals surface area contributed by atoms with E-state index in [4.69, 9.17) is 9.47 Å². The number of methoxy groups -OCH3 is 1. The molecule has 1 atom stereocenters. The number of hydrogen-bond donors (Lipinski definition) is 0. The molecule has 3 heteroatoms. The van der Waals surface area contributed by atoms with Gasteiger partial charge >= 0.3 is 0 Å². The maximum Gasteiger partial charge on any atom is 0.119 e. The molecule has 0 bridgehead atoms. The third-order valence-electron chi connectivity index (χ3n) is 3.60. The van der Waals surface area contributed by atoms with E-state index in [0.717, 1.165) is 29.9 Å². The van der Waals surface area contributed by atoms with Crippen LogP contribution in [0.25, 0.3) is 0 Å². The standard InChI is InChI=1S/C19H21NO2/c1-15-5-9-19(10-6-15)22-13-3-4-17(14-20)16-7-11-18(21-2)12-8-16/h5-12,17H,3-4,13H2,1-2H3. The van der Waals surface area contributed by atoms with Gasteiger partial charge in [-0.1, -0.05) is 29.8 Å². The molecule has 0 aliphatic rings. The highest BCUT2D eigenvalue weighted by molar-refractivity contribution is 5.32.